The molecule has 1 aromatic rings. The summed E-state index contributed by atoms with van der Waals surface area (Å²) in [6.45, 7) is 4.72. The van der Waals surface area contributed by atoms with Crippen molar-refractivity contribution < 1.29 is 13.2 Å². The molecule has 2 unspecified atom stereocenters. The smallest absolute Gasteiger partial charge is 0.243 e. The fourth-order valence-electron chi connectivity index (χ4n) is 3.21. The van der Waals surface area contributed by atoms with Crippen LogP contribution in [0.25, 0.3) is 0 Å². The maximum absolute atomic E-state index is 12.9. The van der Waals surface area contributed by atoms with Gasteiger partial charge in [-0.3, -0.25) is 0 Å². The Morgan fingerprint density at radius 1 is 1.14 bits per heavy atom. The van der Waals surface area contributed by atoms with Crippen molar-refractivity contribution in [3.63, 3.8) is 0 Å². The summed E-state index contributed by atoms with van der Waals surface area (Å²) >= 11 is 0. The van der Waals surface area contributed by atoms with E-state index in [9.17, 15) is 8.42 Å². The first kappa shape index (κ1) is 15.0. The van der Waals surface area contributed by atoms with E-state index in [1.807, 2.05) is 26.0 Å². The van der Waals surface area contributed by atoms with E-state index in [4.69, 9.17) is 4.74 Å². The van der Waals surface area contributed by atoms with Gasteiger partial charge in [-0.15, -0.1) is 0 Å². The van der Waals surface area contributed by atoms with E-state index in [0.29, 0.717) is 18.0 Å². The molecule has 1 aromatic carbocycles. The highest BCUT2D eigenvalue weighted by Crippen LogP contribution is 2.27. The molecule has 0 bridgehead atoms. The molecule has 1 fully saturated rings. The Labute approximate surface area is 127 Å². The largest absolute Gasteiger partial charge is 0.375 e. The van der Waals surface area contributed by atoms with Crippen LogP contribution in [-0.2, 0) is 27.6 Å². The average molecular weight is 309 g/mol. The van der Waals surface area contributed by atoms with Gasteiger partial charge in [0.05, 0.1) is 17.6 Å². The molecule has 0 radical (unpaired) electrons. The molecule has 0 amide bonds. The number of morpholine rings is 1. The van der Waals surface area contributed by atoms with Gasteiger partial charge >= 0.3 is 0 Å². The second-order valence-electron chi connectivity index (χ2n) is 6.21. The number of ether oxygens (including phenoxy) is 1. The van der Waals surface area contributed by atoms with Gasteiger partial charge in [-0.25, -0.2) is 8.42 Å². The first-order valence-electron chi connectivity index (χ1n) is 7.74. The number of benzene rings is 1. The molecule has 1 aliphatic heterocycles. The van der Waals surface area contributed by atoms with E-state index in [1.165, 1.54) is 17.5 Å². The van der Waals surface area contributed by atoms with E-state index < -0.39 is 10.0 Å². The van der Waals surface area contributed by atoms with Crippen LogP contribution in [0.1, 0.15) is 37.8 Å². The predicted octanol–water partition coefficient (Wildman–Crippen LogP) is 2.36. The van der Waals surface area contributed by atoms with Gasteiger partial charge in [-0.2, -0.15) is 4.31 Å². The van der Waals surface area contributed by atoms with E-state index in [2.05, 4.69) is 0 Å². The van der Waals surface area contributed by atoms with Crippen LogP contribution in [0, 0.1) is 0 Å². The summed E-state index contributed by atoms with van der Waals surface area (Å²) in [4.78, 5) is 0.434. The molecule has 0 aromatic heterocycles. The Kier molecular flexibility index (Phi) is 4.08. The molecule has 1 aliphatic carbocycles. The predicted molar refractivity (Wildman–Crippen MR) is 81.9 cm³/mol. The summed E-state index contributed by atoms with van der Waals surface area (Å²) in [5.41, 5.74) is 2.51. The maximum atomic E-state index is 12.9. The highest BCUT2D eigenvalue weighted by molar-refractivity contribution is 7.89. The van der Waals surface area contributed by atoms with Crippen molar-refractivity contribution in [1.29, 1.82) is 0 Å². The zero-order valence-corrected chi connectivity index (χ0v) is 13.5. The summed E-state index contributed by atoms with van der Waals surface area (Å²) < 4.78 is 32.9. The molecule has 0 N–H and O–H groups in total. The highest BCUT2D eigenvalue weighted by atomic mass is 32.2. The Morgan fingerprint density at radius 3 is 2.62 bits per heavy atom. The van der Waals surface area contributed by atoms with Crippen molar-refractivity contribution >= 4 is 10.0 Å². The van der Waals surface area contributed by atoms with Gasteiger partial charge in [0, 0.05) is 12.6 Å². The third-order valence-electron chi connectivity index (χ3n) is 4.48. The lowest BCUT2D eigenvalue weighted by molar-refractivity contribution is -0.0170. The van der Waals surface area contributed by atoms with Gasteiger partial charge in [0.25, 0.3) is 0 Å². The molecular formula is C16H23NO3S. The Morgan fingerprint density at radius 2 is 1.86 bits per heavy atom. The Balaban J connectivity index is 1.94. The minimum Gasteiger partial charge on any atom is -0.375 e. The van der Waals surface area contributed by atoms with Crippen LogP contribution in [0.15, 0.2) is 23.1 Å². The van der Waals surface area contributed by atoms with Gasteiger partial charge in [-0.05, 0) is 62.8 Å². The first-order chi connectivity index (χ1) is 9.98. The van der Waals surface area contributed by atoms with E-state index in [0.717, 1.165) is 19.3 Å². The lowest BCUT2D eigenvalue weighted by atomic mass is 9.92. The Bertz CT molecular complexity index is 626. The van der Waals surface area contributed by atoms with E-state index >= 15 is 0 Å². The van der Waals surface area contributed by atoms with Crippen molar-refractivity contribution in [3.05, 3.63) is 29.3 Å². The van der Waals surface area contributed by atoms with Gasteiger partial charge in [0.1, 0.15) is 0 Å². The minimum absolute atomic E-state index is 0.0476. The second-order valence-corrected chi connectivity index (χ2v) is 8.10. The van der Waals surface area contributed by atoms with Crippen molar-refractivity contribution in [1.82, 2.24) is 4.31 Å². The zero-order chi connectivity index (χ0) is 15.0. The topological polar surface area (TPSA) is 46.6 Å². The lowest BCUT2D eigenvalue weighted by Gasteiger charge is -2.35. The molecule has 1 saturated heterocycles. The van der Waals surface area contributed by atoms with Crippen LogP contribution in [0.5, 0.6) is 0 Å². The van der Waals surface area contributed by atoms with Gasteiger partial charge in [0.15, 0.2) is 0 Å². The molecule has 2 aliphatic rings. The molecule has 116 valence electrons. The van der Waals surface area contributed by atoms with Gasteiger partial charge in [0.2, 0.25) is 10.0 Å². The summed E-state index contributed by atoms with van der Waals surface area (Å²) in [5, 5.41) is 0. The fourth-order valence-corrected chi connectivity index (χ4v) is 4.96. The maximum Gasteiger partial charge on any atom is 0.243 e. The summed E-state index contributed by atoms with van der Waals surface area (Å²) in [5.74, 6) is 0. The third kappa shape index (κ3) is 2.87. The number of hydrogen-bond acceptors (Lipinski definition) is 3. The van der Waals surface area contributed by atoms with Crippen LogP contribution < -0.4 is 0 Å². The first-order valence-corrected chi connectivity index (χ1v) is 9.18. The SMILES string of the molecule is CC1CN(S(=O)(=O)c2ccc3c(c2)CCCC3)C(C)CO1. The standard InChI is InChI=1S/C16H23NO3S/c1-12-11-20-13(2)10-17(12)21(18,19)16-8-7-14-5-3-4-6-15(14)9-16/h7-9,12-13H,3-6,10-11H2,1-2H3. The molecular weight excluding hydrogens is 286 g/mol. The van der Waals surface area contributed by atoms with Crippen LogP contribution in [-0.4, -0.2) is 38.0 Å². The van der Waals surface area contributed by atoms with Crippen LogP contribution >= 0.6 is 0 Å². The van der Waals surface area contributed by atoms with Crippen molar-refractivity contribution in [2.24, 2.45) is 0 Å². The number of rotatable bonds is 2. The molecule has 3 rings (SSSR count). The number of hydrogen-bond donors (Lipinski definition) is 0. The molecule has 0 saturated carbocycles. The second kappa shape index (κ2) is 5.71. The molecule has 4 nitrogen and oxygen atoms in total. The van der Waals surface area contributed by atoms with Gasteiger partial charge < -0.3 is 4.74 Å². The fraction of sp³-hybridized carbons (Fsp3) is 0.625. The molecule has 21 heavy (non-hydrogen) atoms. The monoisotopic (exact) mass is 309 g/mol. The number of sulfonamides is 1. The number of nitrogens with zero attached hydrogens (tertiary/aromatic N) is 1. The van der Waals surface area contributed by atoms with Crippen molar-refractivity contribution in [3.8, 4) is 0 Å². The van der Waals surface area contributed by atoms with Crippen LogP contribution in [0.3, 0.4) is 0 Å². The molecule has 0 spiro atoms. The van der Waals surface area contributed by atoms with Crippen LogP contribution in [0.2, 0.25) is 0 Å². The summed E-state index contributed by atoms with van der Waals surface area (Å²) in [6, 6.07) is 5.54. The molecule has 2 atom stereocenters. The molecule has 5 heteroatoms. The number of fused-ring (bicyclic) bond motifs is 1. The zero-order valence-electron chi connectivity index (χ0n) is 12.7. The van der Waals surface area contributed by atoms with Crippen molar-refractivity contribution in [2.45, 2.75) is 56.6 Å². The number of aryl methyl sites for hydroxylation is 2. The minimum atomic E-state index is -3.42. The van der Waals surface area contributed by atoms with E-state index in [-0.39, 0.29) is 12.1 Å². The van der Waals surface area contributed by atoms with E-state index in [1.54, 1.807) is 10.4 Å². The Hall–Kier alpha value is -0.910. The van der Waals surface area contributed by atoms with Crippen molar-refractivity contribution in [2.75, 3.05) is 13.2 Å². The summed E-state index contributed by atoms with van der Waals surface area (Å²) in [6.07, 6.45) is 4.38. The lowest BCUT2D eigenvalue weighted by Crippen LogP contribution is -2.50. The van der Waals surface area contributed by atoms with Gasteiger partial charge in [-0.1, -0.05) is 6.07 Å². The normalized spacial score (nSPS) is 27.3. The highest BCUT2D eigenvalue weighted by Gasteiger charge is 2.34. The average Bonchev–Trinajstić information content (AvgIpc) is 2.49. The molecule has 1 heterocycles. The third-order valence-corrected chi connectivity index (χ3v) is 6.45. The quantitative estimate of drug-likeness (QED) is 0.842. The summed E-state index contributed by atoms with van der Waals surface area (Å²) in [7, 11) is -3.42. The van der Waals surface area contributed by atoms with Crippen LogP contribution in [0.4, 0.5) is 0 Å².